The van der Waals surface area contributed by atoms with Crippen molar-refractivity contribution in [2.75, 3.05) is 61.1 Å². The monoisotopic (exact) mass is 383 g/mol. The second kappa shape index (κ2) is 8.68. The Kier molecular flexibility index (Phi) is 5.85. The van der Waals surface area contributed by atoms with Crippen LogP contribution in [0.2, 0.25) is 0 Å². The Bertz CT molecular complexity index is 763. The number of aromatic nitrogens is 4. The van der Waals surface area contributed by atoms with Crippen LogP contribution in [0.5, 0.6) is 0 Å². The third kappa shape index (κ3) is 4.16. The molecule has 150 valence electrons. The van der Waals surface area contributed by atoms with E-state index in [1.54, 1.807) is 0 Å². The van der Waals surface area contributed by atoms with Gasteiger partial charge in [-0.2, -0.15) is 4.98 Å². The van der Waals surface area contributed by atoms with Gasteiger partial charge in [0.15, 0.2) is 0 Å². The van der Waals surface area contributed by atoms with Crippen molar-refractivity contribution in [1.82, 2.24) is 19.9 Å². The number of hydrogen-bond donors (Lipinski definition) is 0. The Balaban J connectivity index is 1.45. The molecule has 0 spiro atoms. The first-order valence-corrected chi connectivity index (χ1v) is 10.2. The first-order valence-electron chi connectivity index (χ1n) is 10.2. The summed E-state index contributed by atoms with van der Waals surface area (Å²) in [6.07, 6.45) is 8.96. The molecular formula is C20H29N7O. The molecule has 2 aliphatic rings. The van der Waals surface area contributed by atoms with Crippen molar-refractivity contribution < 1.29 is 4.74 Å². The van der Waals surface area contributed by atoms with Gasteiger partial charge in [-0.15, -0.1) is 0 Å². The zero-order chi connectivity index (χ0) is 19.3. The molecule has 4 rings (SSSR count). The number of morpholine rings is 1. The van der Waals surface area contributed by atoms with Crippen molar-refractivity contribution in [3.63, 3.8) is 0 Å². The molecule has 8 heteroatoms. The van der Waals surface area contributed by atoms with E-state index in [2.05, 4.69) is 43.6 Å². The first kappa shape index (κ1) is 18.9. The molecule has 0 aliphatic carbocycles. The fourth-order valence-electron chi connectivity index (χ4n) is 3.78. The van der Waals surface area contributed by atoms with Crippen LogP contribution in [0.3, 0.4) is 0 Å². The fraction of sp³-hybridized carbons (Fsp3) is 0.600. The van der Waals surface area contributed by atoms with Crippen LogP contribution in [-0.2, 0) is 11.2 Å². The Hall–Kier alpha value is -2.48. The molecule has 4 heterocycles. The van der Waals surface area contributed by atoms with E-state index >= 15 is 0 Å². The van der Waals surface area contributed by atoms with Gasteiger partial charge < -0.3 is 19.4 Å². The van der Waals surface area contributed by atoms with Crippen molar-refractivity contribution >= 4 is 17.7 Å². The molecule has 2 aromatic heterocycles. The SMILES string of the molecule is CCc1cnc(N2CCCC(N(C)c3ccnc(N4CCOCC4)n3)C2)nc1. The molecule has 2 fully saturated rings. The van der Waals surface area contributed by atoms with E-state index in [9.17, 15) is 0 Å². The second-order valence-corrected chi connectivity index (χ2v) is 7.41. The summed E-state index contributed by atoms with van der Waals surface area (Å²) in [5.74, 6) is 2.58. The maximum Gasteiger partial charge on any atom is 0.227 e. The predicted octanol–water partition coefficient (Wildman–Crippen LogP) is 1.77. The quantitative estimate of drug-likeness (QED) is 0.774. The van der Waals surface area contributed by atoms with Gasteiger partial charge in [0.2, 0.25) is 11.9 Å². The molecule has 2 aliphatic heterocycles. The van der Waals surface area contributed by atoms with E-state index in [-0.39, 0.29) is 0 Å². The number of anilines is 3. The van der Waals surface area contributed by atoms with Crippen LogP contribution in [0.1, 0.15) is 25.3 Å². The summed E-state index contributed by atoms with van der Waals surface area (Å²) in [5.41, 5.74) is 1.17. The Labute approximate surface area is 166 Å². The van der Waals surface area contributed by atoms with Gasteiger partial charge in [-0.05, 0) is 30.9 Å². The Morgan fingerprint density at radius 3 is 2.61 bits per heavy atom. The smallest absolute Gasteiger partial charge is 0.227 e. The molecule has 1 unspecified atom stereocenters. The number of nitrogens with zero attached hydrogens (tertiary/aromatic N) is 7. The maximum absolute atomic E-state index is 5.44. The highest BCUT2D eigenvalue weighted by Gasteiger charge is 2.26. The number of rotatable bonds is 5. The zero-order valence-corrected chi connectivity index (χ0v) is 16.8. The molecule has 8 nitrogen and oxygen atoms in total. The van der Waals surface area contributed by atoms with E-state index in [4.69, 9.17) is 9.72 Å². The van der Waals surface area contributed by atoms with E-state index in [1.807, 2.05) is 24.7 Å². The van der Waals surface area contributed by atoms with Crippen molar-refractivity contribution in [3.05, 3.63) is 30.2 Å². The van der Waals surface area contributed by atoms with E-state index in [0.717, 1.165) is 76.4 Å². The summed E-state index contributed by atoms with van der Waals surface area (Å²) in [7, 11) is 2.13. The molecule has 0 bridgehead atoms. The van der Waals surface area contributed by atoms with Gasteiger partial charge >= 0.3 is 0 Å². The summed E-state index contributed by atoms with van der Waals surface area (Å²) in [6, 6.07) is 2.37. The molecule has 28 heavy (non-hydrogen) atoms. The second-order valence-electron chi connectivity index (χ2n) is 7.41. The van der Waals surface area contributed by atoms with Crippen LogP contribution in [0.15, 0.2) is 24.7 Å². The minimum absolute atomic E-state index is 0.371. The predicted molar refractivity (Wildman–Crippen MR) is 110 cm³/mol. The van der Waals surface area contributed by atoms with Crippen molar-refractivity contribution in [1.29, 1.82) is 0 Å². The van der Waals surface area contributed by atoms with Gasteiger partial charge in [-0.25, -0.2) is 15.0 Å². The highest BCUT2D eigenvalue weighted by molar-refractivity contribution is 5.45. The largest absolute Gasteiger partial charge is 0.378 e. The lowest BCUT2D eigenvalue weighted by Crippen LogP contribution is -2.47. The lowest BCUT2D eigenvalue weighted by atomic mass is 10.0. The first-order chi connectivity index (χ1) is 13.7. The van der Waals surface area contributed by atoms with Gasteiger partial charge in [-0.3, -0.25) is 0 Å². The maximum atomic E-state index is 5.44. The van der Waals surface area contributed by atoms with E-state index in [0.29, 0.717) is 6.04 Å². The number of piperidine rings is 1. The lowest BCUT2D eigenvalue weighted by molar-refractivity contribution is 0.122. The average Bonchev–Trinajstić information content (AvgIpc) is 2.79. The number of hydrogen-bond acceptors (Lipinski definition) is 8. The summed E-state index contributed by atoms with van der Waals surface area (Å²) < 4.78 is 5.44. The van der Waals surface area contributed by atoms with Crippen LogP contribution in [-0.4, -0.2) is 72.4 Å². The number of aryl methyl sites for hydroxylation is 1. The number of ether oxygens (including phenoxy) is 1. The third-order valence-corrected chi connectivity index (χ3v) is 5.61. The highest BCUT2D eigenvalue weighted by Crippen LogP contribution is 2.23. The lowest BCUT2D eigenvalue weighted by Gasteiger charge is -2.38. The number of likely N-dealkylation sites (N-methyl/N-ethyl adjacent to an activating group) is 1. The minimum atomic E-state index is 0.371. The van der Waals surface area contributed by atoms with Crippen molar-refractivity contribution in [3.8, 4) is 0 Å². The zero-order valence-electron chi connectivity index (χ0n) is 16.8. The Morgan fingerprint density at radius 2 is 1.86 bits per heavy atom. The fourth-order valence-corrected chi connectivity index (χ4v) is 3.78. The van der Waals surface area contributed by atoms with Gasteiger partial charge in [0, 0.05) is 57.9 Å². The molecule has 2 aromatic rings. The highest BCUT2D eigenvalue weighted by atomic mass is 16.5. The molecule has 2 saturated heterocycles. The topological polar surface area (TPSA) is 70.5 Å². The van der Waals surface area contributed by atoms with Gasteiger partial charge in [0.25, 0.3) is 0 Å². The van der Waals surface area contributed by atoms with E-state index < -0.39 is 0 Å². The van der Waals surface area contributed by atoms with Crippen LogP contribution in [0, 0.1) is 0 Å². The van der Waals surface area contributed by atoms with Crippen LogP contribution < -0.4 is 14.7 Å². The summed E-state index contributed by atoms with van der Waals surface area (Å²) in [5, 5.41) is 0. The van der Waals surface area contributed by atoms with Gasteiger partial charge in [0.1, 0.15) is 5.82 Å². The van der Waals surface area contributed by atoms with Gasteiger partial charge in [-0.1, -0.05) is 6.92 Å². The molecule has 0 aromatic carbocycles. The van der Waals surface area contributed by atoms with Gasteiger partial charge in [0.05, 0.1) is 13.2 Å². The molecule has 0 saturated carbocycles. The van der Waals surface area contributed by atoms with Crippen LogP contribution in [0.4, 0.5) is 17.7 Å². The molecule has 1 atom stereocenters. The van der Waals surface area contributed by atoms with Crippen LogP contribution in [0.25, 0.3) is 0 Å². The molecule has 0 N–H and O–H groups in total. The van der Waals surface area contributed by atoms with Crippen LogP contribution >= 0.6 is 0 Å². The normalized spacial score (nSPS) is 20.3. The molecule has 0 amide bonds. The minimum Gasteiger partial charge on any atom is -0.378 e. The molecular weight excluding hydrogens is 354 g/mol. The standard InChI is InChI=1S/C20H29N7O/c1-3-16-13-22-19(23-14-16)27-8-4-5-17(15-27)25(2)18-6-7-21-20(24-18)26-9-11-28-12-10-26/h6-7,13-14,17H,3-5,8-12,15H2,1-2H3. The average molecular weight is 384 g/mol. The van der Waals surface area contributed by atoms with E-state index in [1.165, 1.54) is 5.56 Å². The van der Waals surface area contributed by atoms with Crippen molar-refractivity contribution in [2.24, 2.45) is 0 Å². The summed E-state index contributed by atoms with van der Waals surface area (Å²) in [4.78, 5) is 25.2. The Morgan fingerprint density at radius 1 is 1.07 bits per heavy atom. The third-order valence-electron chi connectivity index (χ3n) is 5.61. The summed E-state index contributed by atoms with van der Waals surface area (Å²) >= 11 is 0. The molecule has 0 radical (unpaired) electrons. The van der Waals surface area contributed by atoms with Crippen molar-refractivity contribution in [2.45, 2.75) is 32.2 Å². The summed E-state index contributed by atoms with van der Waals surface area (Å²) in [6.45, 7) is 7.18.